The van der Waals surface area contributed by atoms with Gasteiger partial charge in [-0.05, 0) is 13.3 Å². The first-order chi connectivity index (χ1) is 8.69. The lowest BCUT2D eigenvalue weighted by atomic mass is 10.4. The van der Waals surface area contributed by atoms with Gasteiger partial charge in [0.1, 0.15) is 5.82 Å². The average molecular weight is 269 g/mol. The SMILES string of the molecule is C=CCn1c(C)nnc1SCC(=O)OCCCC. The molecule has 0 unspecified atom stereocenters. The highest BCUT2D eigenvalue weighted by Gasteiger charge is 2.11. The second-order valence-electron chi connectivity index (χ2n) is 3.79. The maximum absolute atomic E-state index is 11.4. The first-order valence-corrected chi connectivity index (χ1v) is 6.96. The van der Waals surface area contributed by atoms with Gasteiger partial charge in [0, 0.05) is 6.54 Å². The zero-order chi connectivity index (χ0) is 13.4. The summed E-state index contributed by atoms with van der Waals surface area (Å²) >= 11 is 1.34. The van der Waals surface area contributed by atoms with Crippen molar-refractivity contribution in [3.63, 3.8) is 0 Å². The minimum absolute atomic E-state index is 0.209. The Morgan fingerprint density at radius 1 is 1.56 bits per heavy atom. The predicted molar refractivity (Wildman–Crippen MR) is 71.5 cm³/mol. The van der Waals surface area contributed by atoms with Gasteiger partial charge in [-0.1, -0.05) is 31.2 Å². The molecule has 1 heterocycles. The molecule has 0 spiro atoms. The van der Waals surface area contributed by atoms with E-state index in [1.807, 2.05) is 11.5 Å². The third-order valence-corrected chi connectivity index (χ3v) is 3.23. The monoisotopic (exact) mass is 269 g/mol. The molecule has 1 aromatic heterocycles. The van der Waals surface area contributed by atoms with Crippen molar-refractivity contribution in [2.24, 2.45) is 0 Å². The number of rotatable bonds is 8. The number of esters is 1. The number of carbonyl (C=O) groups excluding carboxylic acids is 1. The van der Waals surface area contributed by atoms with Crippen molar-refractivity contribution < 1.29 is 9.53 Å². The van der Waals surface area contributed by atoms with Crippen LogP contribution in [0.25, 0.3) is 0 Å². The van der Waals surface area contributed by atoms with Crippen LogP contribution < -0.4 is 0 Å². The number of unbranched alkanes of at least 4 members (excludes halogenated alkanes) is 1. The van der Waals surface area contributed by atoms with Gasteiger partial charge in [0.2, 0.25) is 0 Å². The highest BCUT2D eigenvalue weighted by atomic mass is 32.2. The summed E-state index contributed by atoms with van der Waals surface area (Å²) in [6, 6.07) is 0. The van der Waals surface area contributed by atoms with E-state index >= 15 is 0 Å². The van der Waals surface area contributed by atoms with Gasteiger partial charge in [0.25, 0.3) is 0 Å². The molecule has 0 fully saturated rings. The molecule has 0 saturated heterocycles. The molecule has 0 aromatic carbocycles. The molecule has 18 heavy (non-hydrogen) atoms. The minimum Gasteiger partial charge on any atom is -0.465 e. The summed E-state index contributed by atoms with van der Waals surface area (Å²) in [7, 11) is 0. The van der Waals surface area contributed by atoms with Crippen LogP contribution in [-0.4, -0.2) is 33.1 Å². The Kier molecular flexibility index (Phi) is 6.49. The molecule has 1 aromatic rings. The number of hydrogen-bond donors (Lipinski definition) is 0. The van der Waals surface area contributed by atoms with E-state index in [1.165, 1.54) is 11.8 Å². The summed E-state index contributed by atoms with van der Waals surface area (Å²) in [5.41, 5.74) is 0. The lowest BCUT2D eigenvalue weighted by Gasteiger charge is -2.05. The van der Waals surface area contributed by atoms with E-state index in [2.05, 4.69) is 23.7 Å². The fourth-order valence-electron chi connectivity index (χ4n) is 1.30. The van der Waals surface area contributed by atoms with Crippen molar-refractivity contribution in [2.45, 2.75) is 38.4 Å². The van der Waals surface area contributed by atoms with Crippen molar-refractivity contribution in [3.05, 3.63) is 18.5 Å². The van der Waals surface area contributed by atoms with Gasteiger partial charge < -0.3 is 9.30 Å². The van der Waals surface area contributed by atoms with Crippen LogP contribution in [0.3, 0.4) is 0 Å². The molecule has 0 N–H and O–H groups in total. The topological polar surface area (TPSA) is 57.0 Å². The second kappa shape index (κ2) is 7.92. The van der Waals surface area contributed by atoms with Crippen molar-refractivity contribution in [3.8, 4) is 0 Å². The molecule has 100 valence electrons. The smallest absolute Gasteiger partial charge is 0.316 e. The second-order valence-corrected chi connectivity index (χ2v) is 4.73. The minimum atomic E-state index is -0.209. The average Bonchev–Trinajstić information content (AvgIpc) is 2.69. The van der Waals surface area contributed by atoms with Gasteiger partial charge in [-0.2, -0.15) is 0 Å². The molecular formula is C12H19N3O2S. The number of nitrogens with zero attached hydrogens (tertiary/aromatic N) is 3. The third kappa shape index (κ3) is 4.52. The summed E-state index contributed by atoms with van der Waals surface area (Å²) in [4.78, 5) is 11.4. The fourth-order valence-corrected chi connectivity index (χ4v) is 2.09. The quantitative estimate of drug-likeness (QED) is 0.313. The van der Waals surface area contributed by atoms with E-state index < -0.39 is 0 Å². The number of ether oxygens (including phenoxy) is 1. The Morgan fingerprint density at radius 2 is 2.33 bits per heavy atom. The number of aromatic nitrogens is 3. The van der Waals surface area contributed by atoms with E-state index in [0.29, 0.717) is 13.2 Å². The van der Waals surface area contributed by atoms with E-state index in [-0.39, 0.29) is 11.7 Å². The number of hydrogen-bond acceptors (Lipinski definition) is 5. The largest absolute Gasteiger partial charge is 0.465 e. The van der Waals surface area contributed by atoms with Crippen LogP contribution in [0.4, 0.5) is 0 Å². The van der Waals surface area contributed by atoms with Crippen LogP contribution >= 0.6 is 11.8 Å². The van der Waals surface area contributed by atoms with E-state index in [4.69, 9.17) is 4.74 Å². The Bertz CT molecular complexity index is 404. The maximum Gasteiger partial charge on any atom is 0.316 e. The van der Waals surface area contributed by atoms with Crippen molar-refractivity contribution >= 4 is 17.7 Å². The van der Waals surface area contributed by atoms with Crippen LogP contribution in [0.2, 0.25) is 0 Å². The molecule has 0 aliphatic rings. The van der Waals surface area contributed by atoms with Gasteiger partial charge in [0.05, 0.1) is 12.4 Å². The highest BCUT2D eigenvalue weighted by Crippen LogP contribution is 2.16. The van der Waals surface area contributed by atoms with Gasteiger partial charge >= 0.3 is 5.97 Å². The van der Waals surface area contributed by atoms with E-state index in [0.717, 1.165) is 23.8 Å². The molecule has 5 nitrogen and oxygen atoms in total. The molecule has 0 bridgehead atoms. The molecular weight excluding hydrogens is 250 g/mol. The standard InChI is InChI=1S/C12H19N3O2S/c1-4-6-8-17-11(16)9-18-12-14-13-10(3)15(12)7-5-2/h5H,2,4,6-9H2,1,3H3. The van der Waals surface area contributed by atoms with E-state index in [1.54, 1.807) is 6.08 Å². The Labute approximate surface area is 112 Å². The number of thioether (sulfide) groups is 1. The predicted octanol–water partition coefficient (Wildman–Crippen LogP) is 2.21. The Balaban J connectivity index is 2.43. The van der Waals surface area contributed by atoms with Crippen LogP contribution in [0, 0.1) is 6.92 Å². The summed E-state index contributed by atoms with van der Waals surface area (Å²) < 4.78 is 6.99. The van der Waals surface area contributed by atoms with Crippen LogP contribution in [0.5, 0.6) is 0 Å². The summed E-state index contributed by atoms with van der Waals surface area (Å²) in [5, 5.41) is 8.73. The molecule has 1 rings (SSSR count). The summed E-state index contributed by atoms with van der Waals surface area (Å²) in [5.74, 6) is 0.870. The Morgan fingerprint density at radius 3 is 3.00 bits per heavy atom. The highest BCUT2D eigenvalue weighted by molar-refractivity contribution is 7.99. The van der Waals surface area contributed by atoms with Crippen molar-refractivity contribution in [1.82, 2.24) is 14.8 Å². The summed E-state index contributed by atoms with van der Waals surface area (Å²) in [6.07, 6.45) is 3.70. The van der Waals surface area contributed by atoms with Crippen molar-refractivity contribution in [2.75, 3.05) is 12.4 Å². The lowest BCUT2D eigenvalue weighted by Crippen LogP contribution is -2.09. The molecule has 0 saturated carbocycles. The van der Waals surface area contributed by atoms with Crippen molar-refractivity contribution in [1.29, 1.82) is 0 Å². The molecule has 0 aliphatic carbocycles. The fraction of sp³-hybridized carbons (Fsp3) is 0.583. The van der Waals surface area contributed by atoms with Gasteiger partial charge in [-0.25, -0.2) is 0 Å². The molecule has 0 atom stereocenters. The first kappa shape index (κ1) is 14.8. The van der Waals surface area contributed by atoms with Crippen LogP contribution in [-0.2, 0) is 16.1 Å². The maximum atomic E-state index is 11.4. The van der Waals surface area contributed by atoms with Gasteiger partial charge in [0.15, 0.2) is 5.16 Å². The van der Waals surface area contributed by atoms with Crippen LogP contribution in [0.15, 0.2) is 17.8 Å². The van der Waals surface area contributed by atoms with Gasteiger partial charge in [-0.3, -0.25) is 4.79 Å². The zero-order valence-electron chi connectivity index (χ0n) is 10.9. The Hall–Kier alpha value is -1.30. The van der Waals surface area contributed by atoms with E-state index in [9.17, 15) is 4.79 Å². The molecule has 0 aliphatic heterocycles. The molecule has 6 heteroatoms. The van der Waals surface area contributed by atoms with Gasteiger partial charge in [-0.15, -0.1) is 16.8 Å². The number of carbonyl (C=O) groups is 1. The lowest BCUT2D eigenvalue weighted by molar-refractivity contribution is -0.140. The number of allylic oxidation sites excluding steroid dienone is 1. The number of aryl methyl sites for hydroxylation is 1. The van der Waals surface area contributed by atoms with Crippen LogP contribution in [0.1, 0.15) is 25.6 Å². The normalized spacial score (nSPS) is 10.3. The third-order valence-electron chi connectivity index (χ3n) is 2.29. The molecule has 0 radical (unpaired) electrons. The zero-order valence-corrected chi connectivity index (χ0v) is 11.7. The first-order valence-electron chi connectivity index (χ1n) is 5.98. The molecule has 0 amide bonds. The summed E-state index contributed by atoms with van der Waals surface area (Å²) in [6.45, 7) is 8.76.